The molecule has 1 N–H and O–H groups in total. The summed E-state index contributed by atoms with van der Waals surface area (Å²) in [4.78, 5) is 4.21. The van der Waals surface area contributed by atoms with E-state index in [1.54, 1.807) is 24.0 Å². The number of hydrogen-bond donors (Lipinski definition) is 1. The van der Waals surface area contributed by atoms with E-state index >= 15 is 0 Å². The first kappa shape index (κ1) is 15.1. The third-order valence-electron chi connectivity index (χ3n) is 3.05. The molecule has 0 aliphatic rings. The standard InChI is InChI=1S/C14H16BrF2N3/c1-3-4-18-13(14-19-5-6-20(14)2)12-10(16)7-9(15)8-11(12)17/h5-8,13,18H,3-4H2,1-2H3. The maximum Gasteiger partial charge on any atom is 0.132 e. The Bertz CT molecular complexity index is 575. The van der Waals surface area contributed by atoms with Crippen LogP contribution in [0.3, 0.4) is 0 Å². The van der Waals surface area contributed by atoms with Crippen LogP contribution in [0, 0.1) is 11.6 Å². The predicted octanol–water partition coefficient (Wildman–Crippen LogP) is 3.55. The normalized spacial score (nSPS) is 12.7. The van der Waals surface area contributed by atoms with E-state index in [2.05, 4.69) is 26.2 Å². The number of nitrogens with zero attached hydrogens (tertiary/aromatic N) is 2. The van der Waals surface area contributed by atoms with E-state index < -0.39 is 17.7 Å². The molecular formula is C14H16BrF2N3. The van der Waals surface area contributed by atoms with Gasteiger partial charge >= 0.3 is 0 Å². The van der Waals surface area contributed by atoms with E-state index in [0.29, 0.717) is 16.8 Å². The third kappa shape index (κ3) is 3.07. The Labute approximate surface area is 125 Å². The van der Waals surface area contributed by atoms with E-state index in [1.807, 2.05) is 6.92 Å². The van der Waals surface area contributed by atoms with E-state index in [1.165, 1.54) is 12.1 Å². The van der Waals surface area contributed by atoms with E-state index in [4.69, 9.17) is 0 Å². The first-order valence-corrected chi connectivity index (χ1v) is 7.19. The van der Waals surface area contributed by atoms with Crippen molar-refractivity contribution in [3.63, 3.8) is 0 Å². The molecule has 0 spiro atoms. The fourth-order valence-electron chi connectivity index (χ4n) is 2.10. The van der Waals surface area contributed by atoms with Crippen LogP contribution in [-0.4, -0.2) is 16.1 Å². The van der Waals surface area contributed by atoms with Crippen LogP contribution >= 0.6 is 15.9 Å². The summed E-state index contributed by atoms with van der Waals surface area (Å²) >= 11 is 3.09. The highest BCUT2D eigenvalue weighted by molar-refractivity contribution is 9.10. The molecule has 0 aliphatic carbocycles. The average molecular weight is 344 g/mol. The summed E-state index contributed by atoms with van der Waals surface area (Å²) in [7, 11) is 1.80. The van der Waals surface area contributed by atoms with Crippen molar-refractivity contribution in [2.24, 2.45) is 7.05 Å². The van der Waals surface area contributed by atoms with Crippen molar-refractivity contribution in [1.29, 1.82) is 0 Å². The average Bonchev–Trinajstić information content (AvgIpc) is 2.78. The summed E-state index contributed by atoms with van der Waals surface area (Å²) in [5.41, 5.74) is -0.00375. The lowest BCUT2D eigenvalue weighted by Crippen LogP contribution is -2.27. The fraction of sp³-hybridized carbons (Fsp3) is 0.357. The lowest BCUT2D eigenvalue weighted by Gasteiger charge is -2.20. The Morgan fingerprint density at radius 2 is 2.00 bits per heavy atom. The summed E-state index contributed by atoms with van der Waals surface area (Å²) in [6.07, 6.45) is 4.23. The monoisotopic (exact) mass is 343 g/mol. The number of rotatable bonds is 5. The van der Waals surface area contributed by atoms with E-state index in [9.17, 15) is 8.78 Å². The lowest BCUT2D eigenvalue weighted by atomic mass is 10.0. The van der Waals surface area contributed by atoms with Crippen molar-refractivity contribution >= 4 is 15.9 Å². The molecular weight excluding hydrogens is 328 g/mol. The Balaban J connectivity index is 2.50. The van der Waals surface area contributed by atoms with Gasteiger partial charge in [-0.05, 0) is 25.1 Å². The molecule has 1 aromatic heterocycles. The Hall–Kier alpha value is -1.27. The van der Waals surface area contributed by atoms with Crippen LogP contribution in [0.2, 0.25) is 0 Å². The molecule has 1 atom stereocenters. The van der Waals surface area contributed by atoms with Crippen molar-refractivity contribution in [1.82, 2.24) is 14.9 Å². The predicted molar refractivity (Wildman–Crippen MR) is 77.4 cm³/mol. The zero-order valence-electron chi connectivity index (χ0n) is 11.3. The minimum atomic E-state index is -0.608. The molecule has 0 amide bonds. The number of aryl methyl sites for hydroxylation is 1. The van der Waals surface area contributed by atoms with Crippen molar-refractivity contribution in [3.05, 3.63) is 52.0 Å². The second-order valence-electron chi connectivity index (χ2n) is 4.57. The molecule has 1 aromatic carbocycles. The van der Waals surface area contributed by atoms with Gasteiger partial charge in [-0.1, -0.05) is 22.9 Å². The quantitative estimate of drug-likeness (QED) is 0.899. The van der Waals surface area contributed by atoms with Gasteiger partial charge in [0.2, 0.25) is 0 Å². The Morgan fingerprint density at radius 1 is 1.35 bits per heavy atom. The highest BCUT2D eigenvalue weighted by Gasteiger charge is 2.25. The SMILES string of the molecule is CCCNC(c1c(F)cc(Br)cc1F)c1nccn1C. The van der Waals surface area contributed by atoms with Gasteiger partial charge in [-0.3, -0.25) is 0 Å². The molecule has 1 unspecified atom stereocenters. The Kier molecular flexibility index (Phi) is 4.88. The summed E-state index contributed by atoms with van der Waals surface area (Å²) in [6.45, 7) is 2.64. The molecule has 3 nitrogen and oxygen atoms in total. The molecule has 0 bridgehead atoms. The number of benzene rings is 1. The molecule has 0 saturated carbocycles. The largest absolute Gasteiger partial charge is 0.336 e. The Morgan fingerprint density at radius 3 is 2.50 bits per heavy atom. The minimum absolute atomic E-state index is 0.00375. The van der Waals surface area contributed by atoms with Crippen molar-refractivity contribution < 1.29 is 8.78 Å². The topological polar surface area (TPSA) is 29.9 Å². The fourth-order valence-corrected chi connectivity index (χ4v) is 2.50. The van der Waals surface area contributed by atoms with Crippen molar-refractivity contribution in [3.8, 4) is 0 Å². The second kappa shape index (κ2) is 6.45. The molecule has 1 heterocycles. The highest BCUT2D eigenvalue weighted by atomic mass is 79.9. The maximum absolute atomic E-state index is 14.2. The van der Waals surface area contributed by atoms with Gasteiger partial charge in [-0.2, -0.15) is 0 Å². The smallest absolute Gasteiger partial charge is 0.132 e. The number of halogens is 3. The van der Waals surface area contributed by atoms with Gasteiger partial charge in [0.1, 0.15) is 17.5 Å². The van der Waals surface area contributed by atoms with Gasteiger partial charge < -0.3 is 9.88 Å². The van der Waals surface area contributed by atoms with Gasteiger partial charge in [-0.25, -0.2) is 13.8 Å². The third-order valence-corrected chi connectivity index (χ3v) is 3.51. The molecule has 2 aromatic rings. The molecule has 20 heavy (non-hydrogen) atoms. The van der Waals surface area contributed by atoms with Gasteiger partial charge in [-0.15, -0.1) is 0 Å². The number of aromatic nitrogens is 2. The van der Waals surface area contributed by atoms with Crippen molar-refractivity contribution in [2.75, 3.05) is 6.54 Å². The van der Waals surface area contributed by atoms with Gasteiger partial charge in [0.15, 0.2) is 0 Å². The maximum atomic E-state index is 14.2. The molecule has 6 heteroatoms. The second-order valence-corrected chi connectivity index (χ2v) is 5.48. The van der Waals surface area contributed by atoms with Crippen LogP contribution in [-0.2, 0) is 7.05 Å². The molecule has 108 valence electrons. The van der Waals surface area contributed by atoms with Gasteiger partial charge in [0, 0.05) is 29.5 Å². The molecule has 2 rings (SSSR count). The molecule has 0 fully saturated rings. The lowest BCUT2D eigenvalue weighted by molar-refractivity contribution is 0.483. The van der Waals surface area contributed by atoms with Crippen LogP contribution in [0.5, 0.6) is 0 Å². The van der Waals surface area contributed by atoms with Crippen LogP contribution < -0.4 is 5.32 Å². The summed E-state index contributed by atoms with van der Waals surface area (Å²) < 4.78 is 30.5. The van der Waals surface area contributed by atoms with Crippen molar-refractivity contribution in [2.45, 2.75) is 19.4 Å². The zero-order chi connectivity index (χ0) is 14.7. The zero-order valence-corrected chi connectivity index (χ0v) is 12.9. The molecule has 0 saturated heterocycles. The van der Waals surface area contributed by atoms with Crippen LogP contribution in [0.15, 0.2) is 29.0 Å². The number of nitrogens with one attached hydrogen (secondary N) is 1. The molecule has 0 aliphatic heterocycles. The van der Waals surface area contributed by atoms with Crippen LogP contribution in [0.25, 0.3) is 0 Å². The first-order valence-electron chi connectivity index (χ1n) is 6.39. The van der Waals surface area contributed by atoms with Gasteiger partial charge in [0.25, 0.3) is 0 Å². The first-order chi connectivity index (χ1) is 9.54. The summed E-state index contributed by atoms with van der Waals surface area (Å²) in [5.74, 6) is -0.597. The van der Waals surface area contributed by atoms with Crippen LogP contribution in [0.4, 0.5) is 8.78 Å². The number of hydrogen-bond acceptors (Lipinski definition) is 2. The van der Waals surface area contributed by atoms with E-state index in [-0.39, 0.29) is 5.56 Å². The summed E-state index contributed by atoms with van der Waals surface area (Å²) in [6, 6.07) is 1.92. The molecule has 0 radical (unpaired) electrons. The highest BCUT2D eigenvalue weighted by Crippen LogP contribution is 2.28. The number of imidazole rings is 1. The van der Waals surface area contributed by atoms with Crippen LogP contribution in [0.1, 0.15) is 30.8 Å². The minimum Gasteiger partial charge on any atom is -0.336 e. The van der Waals surface area contributed by atoms with E-state index in [0.717, 1.165) is 6.42 Å². The van der Waals surface area contributed by atoms with Gasteiger partial charge in [0.05, 0.1) is 6.04 Å². The summed E-state index contributed by atoms with van der Waals surface area (Å²) in [5, 5.41) is 3.15.